The standard InChI is InChI=1S/C17H16N4O4S/c22-14-5-3-11(8-18-14)16(24)21-17-20-12(10-26-17)4-6-15(23)19-9-13-2-1-7-25-13/h1-3,5,7-8,10-11H,4,6,9H2,(H,19,23)(H,20,21,24). The van der Waals surface area contributed by atoms with Gasteiger partial charge in [-0.05, 0) is 18.6 Å². The lowest BCUT2D eigenvalue weighted by Gasteiger charge is -2.08. The van der Waals surface area contributed by atoms with Crippen LogP contribution in [0.25, 0.3) is 0 Å². The van der Waals surface area contributed by atoms with Crippen LogP contribution in [0.1, 0.15) is 17.9 Å². The third-order valence-corrected chi connectivity index (χ3v) is 4.35. The molecule has 134 valence electrons. The molecule has 0 aromatic carbocycles. The first-order valence-electron chi connectivity index (χ1n) is 7.91. The zero-order chi connectivity index (χ0) is 18.4. The van der Waals surface area contributed by atoms with Gasteiger partial charge in [-0.3, -0.25) is 14.4 Å². The van der Waals surface area contributed by atoms with Crippen LogP contribution in [0, 0.1) is 5.92 Å². The molecular weight excluding hydrogens is 356 g/mol. The van der Waals surface area contributed by atoms with Gasteiger partial charge in [0.05, 0.1) is 24.4 Å². The van der Waals surface area contributed by atoms with E-state index in [4.69, 9.17) is 4.42 Å². The van der Waals surface area contributed by atoms with Crippen LogP contribution >= 0.6 is 11.3 Å². The first-order valence-corrected chi connectivity index (χ1v) is 8.79. The molecule has 2 aromatic rings. The maximum absolute atomic E-state index is 12.1. The summed E-state index contributed by atoms with van der Waals surface area (Å²) in [4.78, 5) is 42.8. The minimum Gasteiger partial charge on any atom is -0.467 e. The van der Waals surface area contributed by atoms with Gasteiger partial charge in [0.25, 0.3) is 5.91 Å². The Hall–Kier alpha value is -3.07. The SMILES string of the molecule is O=C1C=CC(C(=O)Nc2nc(CCC(=O)NCc3ccco3)cs2)C=N1. The highest BCUT2D eigenvalue weighted by atomic mass is 32.1. The molecule has 9 heteroatoms. The van der Waals surface area contributed by atoms with Crippen LogP contribution in [0.15, 0.2) is 45.3 Å². The molecule has 3 amide bonds. The number of dihydropyridines is 1. The van der Waals surface area contributed by atoms with Crippen molar-refractivity contribution in [2.24, 2.45) is 10.9 Å². The van der Waals surface area contributed by atoms with E-state index in [1.807, 2.05) is 0 Å². The summed E-state index contributed by atoms with van der Waals surface area (Å²) in [6, 6.07) is 3.55. The van der Waals surface area contributed by atoms with Crippen molar-refractivity contribution in [3.63, 3.8) is 0 Å². The van der Waals surface area contributed by atoms with Gasteiger partial charge in [0.1, 0.15) is 5.76 Å². The summed E-state index contributed by atoms with van der Waals surface area (Å²) < 4.78 is 5.14. The lowest BCUT2D eigenvalue weighted by Crippen LogP contribution is -2.24. The van der Waals surface area contributed by atoms with E-state index in [0.717, 1.165) is 5.69 Å². The molecule has 0 saturated heterocycles. The number of furan rings is 1. The number of aliphatic imine (C=N–C) groups is 1. The van der Waals surface area contributed by atoms with Gasteiger partial charge in [0, 0.05) is 24.1 Å². The van der Waals surface area contributed by atoms with Crippen LogP contribution in [-0.4, -0.2) is 28.9 Å². The quantitative estimate of drug-likeness (QED) is 0.768. The molecule has 1 aliphatic rings. The molecule has 1 aliphatic heterocycles. The smallest absolute Gasteiger partial charge is 0.269 e. The van der Waals surface area contributed by atoms with Gasteiger partial charge in [-0.2, -0.15) is 0 Å². The largest absolute Gasteiger partial charge is 0.467 e. The molecule has 3 heterocycles. The van der Waals surface area contributed by atoms with Gasteiger partial charge in [0.2, 0.25) is 11.8 Å². The summed E-state index contributed by atoms with van der Waals surface area (Å²) >= 11 is 1.28. The average Bonchev–Trinajstić information content (AvgIpc) is 3.30. The van der Waals surface area contributed by atoms with Crippen LogP contribution in [0.4, 0.5) is 5.13 Å². The zero-order valence-electron chi connectivity index (χ0n) is 13.7. The average molecular weight is 372 g/mol. The van der Waals surface area contributed by atoms with Crippen LogP contribution in [0.3, 0.4) is 0 Å². The molecule has 0 fully saturated rings. The highest BCUT2D eigenvalue weighted by Crippen LogP contribution is 2.18. The fourth-order valence-corrected chi connectivity index (χ4v) is 2.93. The van der Waals surface area contributed by atoms with Crippen LogP contribution in [0.2, 0.25) is 0 Å². The van der Waals surface area contributed by atoms with E-state index in [1.165, 1.54) is 29.7 Å². The summed E-state index contributed by atoms with van der Waals surface area (Å²) in [5, 5.41) is 7.68. The molecule has 8 nitrogen and oxygen atoms in total. The Morgan fingerprint density at radius 3 is 2.96 bits per heavy atom. The van der Waals surface area contributed by atoms with Crippen molar-refractivity contribution >= 4 is 40.4 Å². The topological polar surface area (TPSA) is 114 Å². The van der Waals surface area contributed by atoms with E-state index in [9.17, 15) is 14.4 Å². The summed E-state index contributed by atoms with van der Waals surface area (Å²) in [6.07, 6.45) is 6.37. The van der Waals surface area contributed by atoms with E-state index in [0.29, 0.717) is 23.9 Å². The van der Waals surface area contributed by atoms with Gasteiger partial charge >= 0.3 is 0 Å². The van der Waals surface area contributed by atoms with Crippen LogP contribution < -0.4 is 10.6 Å². The number of hydrogen-bond acceptors (Lipinski definition) is 6. The van der Waals surface area contributed by atoms with Crippen molar-refractivity contribution in [1.82, 2.24) is 10.3 Å². The van der Waals surface area contributed by atoms with E-state index < -0.39 is 5.92 Å². The number of amides is 3. The predicted molar refractivity (Wildman–Crippen MR) is 95.7 cm³/mol. The number of nitrogens with zero attached hydrogens (tertiary/aromatic N) is 2. The Kier molecular flexibility index (Phi) is 5.69. The van der Waals surface area contributed by atoms with Gasteiger partial charge in [-0.15, -0.1) is 11.3 Å². The fraction of sp³-hybridized carbons (Fsp3) is 0.235. The van der Waals surface area contributed by atoms with E-state index >= 15 is 0 Å². The van der Waals surface area contributed by atoms with Gasteiger partial charge in [-0.1, -0.05) is 6.08 Å². The molecule has 0 aliphatic carbocycles. The minimum absolute atomic E-state index is 0.104. The van der Waals surface area contributed by atoms with E-state index in [1.54, 1.807) is 23.8 Å². The Morgan fingerprint density at radius 1 is 1.35 bits per heavy atom. The zero-order valence-corrected chi connectivity index (χ0v) is 14.5. The second-order valence-corrected chi connectivity index (χ2v) is 6.35. The van der Waals surface area contributed by atoms with Crippen molar-refractivity contribution in [1.29, 1.82) is 0 Å². The Bertz CT molecular complexity index is 838. The predicted octanol–water partition coefficient (Wildman–Crippen LogP) is 1.71. The van der Waals surface area contributed by atoms with Crippen molar-refractivity contribution in [3.8, 4) is 0 Å². The molecule has 2 N–H and O–H groups in total. The molecule has 1 unspecified atom stereocenters. The second kappa shape index (κ2) is 8.34. The van der Waals surface area contributed by atoms with E-state index in [-0.39, 0.29) is 24.1 Å². The summed E-state index contributed by atoms with van der Waals surface area (Å²) in [5.74, 6) is -0.690. The number of anilines is 1. The first kappa shape index (κ1) is 17.7. The molecule has 26 heavy (non-hydrogen) atoms. The van der Waals surface area contributed by atoms with Crippen LogP contribution in [0.5, 0.6) is 0 Å². The number of hydrogen-bond donors (Lipinski definition) is 2. The molecule has 0 radical (unpaired) electrons. The summed E-state index contributed by atoms with van der Waals surface area (Å²) in [7, 11) is 0. The third kappa shape index (κ3) is 4.96. The number of carbonyl (C=O) groups is 3. The highest BCUT2D eigenvalue weighted by molar-refractivity contribution is 7.13. The number of aryl methyl sites for hydroxylation is 1. The van der Waals surface area contributed by atoms with E-state index in [2.05, 4.69) is 20.6 Å². The third-order valence-electron chi connectivity index (χ3n) is 3.54. The lowest BCUT2D eigenvalue weighted by atomic mass is 10.1. The first-order chi connectivity index (χ1) is 12.6. The van der Waals surface area contributed by atoms with Crippen LogP contribution in [-0.2, 0) is 27.3 Å². The second-order valence-electron chi connectivity index (χ2n) is 5.49. The van der Waals surface area contributed by atoms with Gasteiger partial charge < -0.3 is 15.1 Å². The molecule has 1 atom stereocenters. The number of thiazole rings is 1. The minimum atomic E-state index is -0.590. The maximum Gasteiger partial charge on any atom is 0.269 e. The molecule has 0 spiro atoms. The Morgan fingerprint density at radius 2 is 2.23 bits per heavy atom. The molecule has 3 rings (SSSR count). The molecule has 2 aromatic heterocycles. The fourth-order valence-electron chi connectivity index (χ4n) is 2.18. The lowest BCUT2D eigenvalue weighted by molar-refractivity contribution is -0.121. The molecule has 0 saturated carbocycles. The summed E-state index contributed by atoms with van der Waals surface area (Å²) in [5.41, 5.74) is 0.724. The van der Waals surface area contributed by atoms with Gasteiger partial charge in [-0.25, -0.2) is 9.98 Å². The molecular formula is C17H16N4O4S. The summed E-state index contributed by atoms with van der Waals surface area (Å²) in [6.45, 7) is 0.350. The number of carbonyl (C=O) groups excluding carboxylic acids is 3. The highest BCUT2D eigenvalue weighted by Gasteiger charge is 2.18. The Balaban J connectivity index is 1.43. The van der Waals surface area contributed by atoms with Crippen molar-refractivity contribution in [2.75, 3.05) is 5.32 Å². The van der Waals surface area contributed by atoms with Crippen molar-refractivity contribution in [3.05, 3.63) is 47.4 Å². The normalized spacial score (nSPS) is 15.8. The van der Waals surface area contributed by atoms with Crippen molar-refractivity contribution < 1.29 is 18.8 Å². The number of rotatable bonds is 7. The monoisotopic (exact) mass is 372 g/mol. The molecule has 0 bridgehead atoms. The number of nitrogens with one attached hydrogen (secondary N) is 2. The van der Waals surface area contributed by atoms with Gasteiger partial charge in [0.15, 0.2) is 5.13 Å². The Labute approximate surface area is 153 Å². The maximum atomic E-state index is 12.1. The number of aromatic nitrogens is 1. The van der Waals surface area contributed by atoms with Crippen molar-refractivity contribution in [2.45, 2.75) is 19.4 Å².